The molecule has 11 heteroatoms. The Morgan fingerprint density at radius 2 is 2.08 bits per heavy atom. The van der Waals surface area contributed by atoms with Crippen LogP contribution in [-0.2, 0) is 11.2 Å². The standard InChI is InChI=1S/C26H32FN5O5/c1-3-18-17(12-37-31-18)25(33)30-22(15-6-4-14(2)5-7-15)24-28-19-9-8-16(21(27)23(19)29-24)20-13-36-11-10-32(20)26(34)35/h8-9,12,14-15,20,22H,3-7,10-11,13H2,1-2H3,(H,28,29)(H,30,33)(H,34,35)/t14?,15?,20-,22-/m0/s1. The number of hydrogen-bond acceptors (Lipinski definition) is 6. The Hall–Kier alpha value is -3.47. The molecule has 5 rings (SSSR count). The van der Waals surface area contributed by atoms with Crippen molar-refractivity contribution < 1.29 is 28.3 Å². The number of hydrogen-bond donors (Lipinski definition) is 3. The molecular weight excluding hydrogens is 481 g/mol. The first-order valence-electron chi connectivity index (χ1n) is 12.9. The number of imidazole rings is 1. The number of carboxylic acid groups (broad SMARTS) is 1. The lowest BCUT2D eigenvalue weighted by Gasteiger charge is -2.33. The van der Waals surface area contributed by atoms with Crippen LogP contribution in [0.4, 0.5) is 9.18 Å². The number of amides is 2. The van der Waals surface area contributed by atoms with Gasteiger partial charge >= 0.3 is 6.09 Å². The van der Waals surface area contributed by atoms with E-state index in [0.717, 1.165) is 25.7 Å². The molecule has 3 N–H and O–H groups in total. The van der Waals surface area contributed by atoms with Gasteiger partial charge in [0.1, 0.15) is 23.2 Å². The third-order valence-electron chi connectivity index (χ3n) is 7.71. The van der Waals surface area contributed by atoms with Gasteiger partial charge in [-0.2, -0.15) is 0 Å². The van der Waals surface area contributed by atoms with E-state index in [9.17, 15) is 14.7 Å². The minimum atomic E-state index is -1.12. The van der Waals surface area contributed by atoms with Gasteiger partial charge < -0.3 is 24.7 Å². The third-order valence-corrected chi connectivity index (χ3v) is 7.71. The summed E-state index contributed by atoms with van der Waals surface area (Å²) >= 11 is 0. The van der Waals surface area contributed by atoms with Gasteiger partial charge in [-0.3, -0.25) is 9.69 Å². The van der Waals surface area contributed by atoms with Gasteiger partial charge in [0.2, 0.25) is 0 Å². The first-order chi connectivity index (χ1) is 17.9. The number of rotatable bonds is 6. The first kappa shape index (κ1) is 25.2. The Labute approximate surface area is 213 Å². The molecule has 2 amide bonds. The van der Waals surface area contributed by atoms with Crippen molar-refractivity contribution in [1.82, 2.24) is 25.3 Å². The van der Waals surface area contributed by atoms with Crippen LogP contribution in [0.5, 0.6) is 0 Å². The van der Waals surface area contributed by atoms with E-state index in [0.29, 0.717) is 34.9 Å². The number of benzene rings is 1. The molecule has 2 fully saturated rings. The van der Waals surface area contributed by atoms with Crippen LogP contribution in [0.2, 0.25) is 0 Å². The van der Waals surface area contributed by atoms with E-state index in [1.54, 1.807) is 12.1 Å². The largest absolute Gasteiger partial charge is 0.465 e. The molecule has 1 saturated heterocycles. The minimum Gasteiger partial charge on any atom is -0.465 e. The fraction of sp³-hybridized carbons (Fsp3) is 0.538. The Morgan fingerprint density at radius 3 is 2.81 bits per heavy atom. The highest BCUT2D eigenvalue weighted by molar-refractivity contribution is 5.95. The molecule has 3 aromatic rings. The van der Waals surface area contributed by atoms with Gasteiger partial charge in [0.05, 0.1) is 36.5 Å². The molecule has 0 unspecified atom stereocenters. The van der Waals surface area contributed by atoms with Gasteiger partial charge in [-0.25, -0.2) is 14.2 Å². The van der Waals surface area contributed by atoms with Gasteiger partial charge in [-0.05, 0) is 37.2 Å². The molecule has 2 aliphatic rings. The fourth-order valence-electron chi connectivity index (χ4n) is 5.52. The van der Waals surface area contributed by atoms with E-state index in [2.05, 4.69) is 27.4 Å². The molecule has 1 aliphatic heterocycles. The van der Waals surface area contributed by atoms with E-state index >= 15 is 4.39 Å². The third kappa shape index (κ3) is 4.92. The molecular formula is C26H32FN5O5. The van der Waals surface area contributed by atoms with Crippen molar-refractivity contribution in [3.05, 3.63) is 46.9 Å². The number of morpholine rings is 1. The van der Waals surface area contributed by atoms with Gasteiger partial charge in [-0.1, -0.05) is 37.9 Å². The number of aryl methyl sites for hydroxylation is 1. The smallest absolute Gasteiger partial charge is 0.407 e. The number of aromatic nitrogens is 3. The van der Waals surface area contributed by atoms with Crippen LogP contribution in [0.3, 0.4) is 0 Å². The van der Waals surface area contributed by atoms with Crippen LogP contribution < -0.4 is 5.32 Å². The Balaban J connectivity index is 1.50. The minimum absolute atomic E-state index is 0.0729. The summed E-state index contributed by atoms with van der Waals surface area (Å²) in [6, 6.07) is 2.07. The number of nitrogens with zero attached hydrogens (tertiary/aromatic N) is 3. The molecule has 0 radical (unpaired) electrons. The zero-order valence-corrected chi connectivity index (χ0v) is 21.0. The number of H-pyrrole nitrogens is 1. The molecule has 1 saturated carbocycles. The number of nitrogens with one attached hydrogen (secondary N) is 2. The van der Waals surface area contributed by atoms with Crippen molar-refractivity contribution in [1.29, 1.82) is 0 Å². The number of ether oxygens (including phenoxy) is 1. The van der Waals surface area contributed by atoms with Crippen LogP contribution in [0.25, 0.3) is 11.0 Å². The number of fused-ring (bicyclic) bond motifs is 1. The number of carbonyl (C=O) groups is 2. The van der Waals surface area contributed by atoms with Gasteiger partial charge in [0.25, 0.3) is 5.91 Å². The zero-order chi connectivity index (χ0) is 26.1. The van der Waals surface area contributed by atoms with Crippen LogP contribution in [0.15, 0.2) is 22.9 Å². The second-order valence-electron chi connectivity index (χ2n) is 10.1. The average molecular weight is 514 g/mol. The molecule has 2 aromatic heterocycles. The van der Waals surface area contributed by atoms with Gasteiger partial charge in [0.15, 0.2) is 5.82 Å². The predicted octanol–water partition coefficient (Wildman–Crippen LogP) is 4.60. The molecule has 2 atom stereocenters. The normalized spacial score (nSPS) is 23.2. The van der Waals surface area contributed by atoms with E-state index in [4.69, 9.17) is 9.26 Å². The van der Waals surface area contributed by atoms with Crippen molar-refractivity contribution in [2.24, 2.45) is 11.8 Å². The van der Waals surface area contributed by atoms with E-state index < -0.39 is 24.0 Å². The Bertz CT molecular complexity index is 1280. The summed E-state index contributed by atoms with van der Waals surface area (Å²) in [5, 5.41) is 16.6. The summed E-state index contributed by atoms with van der Waals surface area (Å²) in [5.74, 6) is 0.324. The van der Waals surface area contributed by atoms with Gasteiger partial charge in [0, 0.05) is 12.1 Å². The van der Waals surface area contributed by atoms with E-state index in [1.807, 2.05) is 6.92 Å². The molecule has 1 aromatic carbocycles. The fourth-order valence-corrected chi connectivity index (χ4v) is 5.52. The monoisotopic (exact) mass is 513 g/mol. The summed E-state index contributed by atoms with van der Waals surface area (Å²) in [6.45, 7) is 4.63. The zero-order valence-electron chi connectivity index (χ0n) is 21.0. The molecule has 1 aliphatic carbocycles. The summed E-state index contributed by atoms with van der Waals surface area (Å²) in [4.78, 5) is 34.0. The van der Waals surface area contributed by atoms with Crippen molar-refractivity contribution in [2.75, 3.05) is 19.8 Å². The van der Waals surface area contributed by atoms with Crippen molar-refractivity contribution in [3.63, 3.8) is 0 Å². The van der Waals surface area contributed by atoms with Gasteiger partial charge in [-0.15, -0.1) is 0 Å². The molecule has 10 nitrogen and oxygen atoms in total. The summed E-state index contributed by atoms with van der Waals surface area (Å²) in [6.07, 6.45) is 4.68. The topological polar surface area (TPSA) is 134 Å². The highest BCUT2D eigenvalue weighted by atomic mass is 19.1. The quantitative estimate of drug-likeness (QED) is 0.439. The first-order valence-corrected chi connectivity index (χ1v) is 12.9. The van der Waals surface area contributed by atoms with Crippen molar-refractivity contribution >= 4 is 23.0 Å². The van der Waals surface area contributed by atoms with Crippen LogP contribution >= 0.6 is 0 Å². The highest BCUT2D eigenvalue weighted by Gasteiger charge is 2.34. The van der Waals surface area contributed by atoms with Crippen molar-refractivity contribution in [3.8, 4) is 0 Å². The van der Waals surface area contributed by atoms with Crippen LogP contribution in [0.1, 0.15) is 79.1 Å². The molecule has 3 heterocycles. The lowest BCUT2D eigenvalue weighted by Crippen LogP contribution is -2.43. The maximum atomic E-state index is 15.8. The lowest BCUT2D eigenvalue weighted by molar-refractivity contribution is -0.00190. The average Bonchev–Trinajstić information content (AvgIpc) is 3.56. The summed E-state index contributed by atoms with van der Waals surface area (Å²) in [7, 11) is 0. The Kier molecular flexibility index (Phi) is 7.14. The maximum Gasteiger partial charge on any atom is 0.407 e. The number of halogens is 1. The van der Waals surface area contributed by atoms with Crippen molar-refractivity contribution in [2.45, 2.75) is 58.0 Å². The number of carbonyl (C=O) groups excluding carboxylic acids is 1. The highest BCUT2D eigenvalue weighted by Crippen LogP contribution is 2.38. The SMILES string of the molecule is CCc1nocc1C(=O)N[C@H](c1nc2c(F)c([C@@H]3COCCN3C(=O)O)ccc2[nH]1)C1CCC(C)CC1. The van der Waals surface area contributed by atoms with E-state index in [1.165, 1.54) is 11.2 Å². The van der Waals surface area contributed by atoms with E-state index in [-0.39, 0.29) is 42.7 Å². The van der Waals surface area contributed by atoms with Crippen LogP contribution in [-0.4, -0.2) is 56.9 Å². The summed E-state index contributed by atoms with van der Waals surface area (Å²) < 4.78 is 26.3. The summed E-state index contributed by atoms with van der Waals surface area (Å²) in [5.41, 5.74) is 1.78. The molecule has 0 spiro atoms. The number of aromatic amines is 1. The maximum absolute atomic E-state index is 15.8. The molecule has 198 valence electrons. The van der Waals surface area contributed by atoms with Crippen LogP contribution in [0, 0.1) is 17.7 Å². The molecule has 37 heavy (non-hydrogen) atoms. The predicted molar refractivity (Wildman–Crippen MR) is 132 cm³/mol. The second kappa shape index (κ2) is 10.5. The lowest BCUT2D eigenvalue weighted by atomic mass is 9.79. The Morgan fingerprint density at radius 1 is 1.30 bits per heavy atom. The second-order valence-corrected chi connectivity index (χ2v) is 10.1. The molecule has 0 bridgehead atoms.